The van der Waals surface area contributed by atoms with Crippen molar-refractivity contribution in [3.05, 3.63) is 37.3 Å². The van der Waals surface area contributed by atoms with Crippen molar-refractivity contribution in [2.24, 2.45) is 0 Å². The molecule has 1 aliphatic heterocycles. The Morgan fingerprint density at radius 2 is 2.26 bits per heavy atom. The topological polar surface area (TPSA) is 83.7 Å². The van der Waals surface area contributed by atoms with E-state index in [1.165, 1.54) is 17.0 Å². The van der Waals surface area contributed by atoms with Crippen molar-refractivity contribution in [2.45, 2.75) is 12.5 Å². The van der Waals surface area contributed by atoms with Crippen LogP contribution in [0, 0.1) is 10.1 Å². The van der Waals surface area contributed by atoms with Crippen molar-refractivity contribution in [2.75, 3.05) is 13.1 Å². The van der Waals surface area contributed by atoms with Gasteiger partial charge in [0.15, 0.2) is 0 Å². The second kappa shape index (κ2) is 5.44. The average molecular weight is 350 g/mol. The predicted molar refractivity (Wildman–Crippen MR) is 72.3 cm³/mol. The van der Waals surface area contributed by atoms with Crippen LogP contribution >= 0.6 is 27.5 Å². The van der Waals surface area contributed by atoms with Crippen LogP contribution in [0.15, 0.2) is 16.6 Å². The van der Waals surface area contributed by atoms with E-state index in [0.29, 0.717) is 17.4 Å². The minimum atomic E-state index is -0.636. The second-order valence-corrected chi connectivity index (χ2v) is 5.53. The summed E-state index contributed by atoms with van der Waals surface area (Å²) in [7, 11) is 0. The molecule has 0 radical (unpaired) electrons. The average Bonchev–Trinajstić information content (AvgIpc) is 2.77. The Labute approximate surface area is 122 Å². The number of carbonyl (C=O) groups excluding carboxylic acids is 1. The number of amides is 1. The Kier molecular flexibility index (Phi) is 4.07. The van der Waals surface area contributed by atoms with Gasteiger partial charge in [-0.3, -0.25) is 14.9 Å². The summed E-state index contributed by atoms with van der Waals surface area (Å²) >= 11 is 9.03. The lowest BCUT2D eigenvalue weighted by molar-refractivity contribution is -0.384. The molecule has 0 unspecified atom stereocenters. The highest BCUT2D eigenvalue weighted by atomic mass is 79.9. The Balaban J connectivity index is 2.39. The number of hydrogen-bond donors (Lipinski definition) is 1. The van der Waals surface area contributed by atoms with Gasteiger partial charge in [0.1, 0.15) is 5.02 Å². The number of aliphatic hydroxyl groups is 1. The smallest absolute Gasteiger partial charge is 0.289 e. The fourth-order valence-electron chi connectivity index (χ4n) is 1.96. The number of aliphatic hydroxyl groups excluding tert-OH is 1. The van der Waals surface area contributed by atoms with Crippen LogP contribution in [-0.2, 0) is 0 Å². The molecule has 0 bridgehead atoms. The molecular weight excluding hydrogens is 339 g/mol. The minimum absolute atomic E-state index is 0.0665. The summed E-state index contributed by atoms with van der Waals surface area (Å²) in [5, 5.41) is 20.1. The number of nitrogens with zero attached hydrogens (tertiary/aromatic N) is 2. The Morgan fingerprint density at radius 3 is 2.79 bits per heavy atom. The number of nitro benzene ring substituents is 1. The molecule has 2 rings (SSSR count). The zero-order valence-electron chi connectivity index (χ0n) is 9.68. The zero-order chi connectivity index (χ0) is 14.2. The van der Waals surface area contributed by atoms with Crippen LogP contribution in [0.4, 0.5) is 5.69 Å². The highest BCUT2D eigenvalue weighted by Gasteiger charge is 2.29. The molecule has 1 N–H and O–H groups in total. The summed E-state index contributed by atoms with van der Waals surface area (Å²) in [6.07, 6.45) is -0.0516. The van der Waals surface area contributed by atoms with Gasteiger partial charge in [0.2, 0.25) is 0 Å². The van der Waals surface area contributed by atoms with Crippen molar-refractivity contribution >= 4 is 39.1 Å². The number of β-amino-alcohol motifs (C(OH)–C–C–N with tert-alkyl or cyclic N) is 1. The zero-order valence-corrected chi connectivity index (χ0v) is 12.0. The van der Waals surface area contributed by atoms with E-state index in [2.05, 4.69) is 15.9 Å². The first kappa shape index (κ1) is 14.2. The van der Waals surface area contributed by atoms with E-state index in [1.807, 2.05) is 0 Å². The first-order valence-corrected chi connectivity index (χ1v) is 6.68. The van der Waals surface area contributed by atoms with Crippen molar-refractivity contribution in [3.63, 3.8) is 0 Å². The van der Waals surface area contributed by atoms with Crippen molar-refractivity contribution in [1.29, 1.82) is 0 Å². The second-order valence-electron chi connectivity index (χ2n) is 4.24. The Morgan fingerprint density at radius 1 is 1.58 bits per heavy atom. The van der Waals surface area contributed by atoms with E-state index in [1.54, 1.807) is 0 Å². The minimum Gasteiger partial charge on any atom is -0.391 e. The predicted octanol–water partition coefficient (Wildman–Crippen LogP) is 2.22. The summed E-state index contributed by atoms with van der Waals surface area (Å²) in [4.78, 5) is 23.9. The maximum absolute atomic E-state index is 12.2. The first-order chi connectivity index (χ1) is 8.90. The molecule has 1 aromatic rings. The molecule has 6 nitrogen and oxygen atoms in total. The SMILES string of the molecule is O=C(c1cc(Br)cc([N+](=O)[O-])c1Cl)N1CC[C@H](O)C1. The largest absolute Gasteiger partial charge is 0.391 e. The molecule has 1 amide bonds. The fourth-order valence-corrected chi connectivity index (χ4v) is 2.66. The van der Waals surface area contributed by atoms with Crippen LogP contribution in [0.1, 0.15) is 16.8 Å². The summed E-state index contributed by atoms with van der Waals surface area (Å²) in [5.74, 6) is -0.411. The fraction of sp³-hybridized carbons (Fsp3) is 0.364. The summed E-state index contributed by atoms with van der Waals surface area (Å²) in [5.41, 5.74) is -0.254. The molecular formula is C11H10BrClN2O4. The molecule has 1 aliphatic rings. The third kappa shape index (κ3) is 2.88. The number of rotatable bonds is 2. The van der Waals surface area contributed by atoms with E-state index in [9.17, 15) is 20.0 Å². The van der Waals surface area contributed by atoms with Crippen LogP contribution in [0.3, 0.4) is 0 Å². The maximum atomic E-state index is 12.2. The van der Waals surface area contributed by atoms with Gasteiger partial charge in [-0.2, -0.15) is 0 Å². The highest BCUT2D eigenvalue weighted by molar-refractivity contribution is 9.10. The molecule has 1 fully saturated rings. The molecule has 0 spiro atoms. The van der Waals surface area contributed by atoms with Crippen LogP contribution < -0.4 is 0 Å². The molecule has 0 aromatic heterocycles. The van der Waals surface area contributed by atoms with Gasteiger partial charge in [0, 0.05) is 23.6 Å². The number of benzene rings is 1. The van der Waals surface area contributed by atoms with Crippen LogP contribution in [-0.4, -0.2) is 40.0 Å². The van der Waals surface area contributed by atoms with E-state index in [-0.39, 0.29) is 22.8 Å². The number of hydrogen-bond acceptors (Lipinski definition) is 4. The Hall–Kier alpha value is -1.18. The molecule has 1 atom stereocenters. The van der Waals surface area contributed by atoms with Gasteiger partial charge in [-0.25, -0.2) is 0 Å². The van der Waals surface area contributed by atoms with Gasteiger partial charge in [0.25, 0.3) is 11.6 Å². The van der Waals surface area contributed by atoms with Gasteiger partial charge in [-0.05, 0) is 12.5 Å². The van der Waals surface area contributed by atoms with Gasteiger partial charge in [0.05, 0.1) is 16.6 Å². The molecule has 0 saturated carbocycles. The lowest BCUT2D eigenvalue weighted by atomic mass is 10.1. The van der Waals surface area contributed by atoms with E-state index >= 15 is 0 Å². The number of likely N-dealkylation sites (tertiary alicyclic amines) is 1. The number of nitro groups is 1. The number of carbonyl (C=O) groups is 1. The molecule has 19 heavy (non-hydrogen) atoms. The van der Waals surface area contributed by atoms with Gasteiger partial charge in [-0.15, -0.1) is 0 Å². The molecule has 1 saturated heterocycles. The third-order valence-corrected chi connectivity index (χ3v) is 3.75. The standard InChI is InChI=1S/C11H10BrClN2O4/c12-6-3-8(10(13)9(4-6)15(18)19)11(17)14-2-1-7(16)5-14/h3-4,7,16H,1-2,5H2/t7-/m0/s1. The Bertz CT molecular complexity index is 552. The lowest BCUT2D eigenvalue weighted by Crippen LogP contribution is -2.29. The molecule has 8 heteroatoms. The summed E-state index contributed by atoms with van der Waals surface area (Å²) < 4.78 is 0.409. The monoisotopic (exact) mass is 348 g/mol. The van der Waals surface area contributed by atoms with E-state index in [4.69, 9.17) is 11.6 Å². The number of halogens is 2. The van der Waals surface area contributed by atoms with Crippen LogP contribution in [0.5, 0.6) is 0 Å². The summed E-state index contributed by atoms with van der Waals surface area (Å²) in [6, 6.07) is 2.69. The van der Waals surface area contributed by atoms with Gasteiger partial charge in [-0.1, -0.05) is 27.5 Å². The van der Waals surface area contributed by atoms with Crippen molar-refractivity contribution in [3.8, 4) is 0 Å². The van der Waals surface area contributed by atoms with Crippen molar-refractivity contribution < 1.29 is 14.8 Å². The van der Waals surface area contributed by atoms with Gasteiger partial charge >= 0.3 is 0 Å². The van der Waals surface area contributed by atoms with Crippen molar-refractivity contribution in [1.82, 2.24) is 4.90 Å². The summed E-state index contributed by atoms with van der Waals surface area (Å²) in [6.45, 7) is 0.631. The molecule has 1 aromatic carbocycles. The van der Waals surface area contributed by atoms with Gasteiger partial charge < -0.3 is 10.0 Å². The normalized spacial score (nSPS) is 18.7. The highest BCUT2D eigenvalue weighted by Crippen LogP contribution is 2.33. The third-order valence-electron chi connectivity index (χ3n) is 2.90. The molecule has 102 valence electrons. The first-order valence-electron chi connectivity index (χ1n) is 5.51. The van der Waals surface area contributed by atoms with E-state index < -0.39 is 16.9 Å². The van der Waals surface area contributed by atoms with Crippen LogP contribution in [0.25, 0.3) is 0 Å². The van der Waals surface area contributed by atoms with E-state index in [0.717, 1.165) is 0 Å². The molecule has 1 heterocycles. The maximum Gasteiger partial charge on any atom is 0.289 e. The molecule has 0 aliphatic carbocycles. The lowest BCUT2D eigenvalue weighted by Gasteiger charge is -2.16. The quantitative estimate of drug-likeness (QED) is 0.655. The van der Waals surface area contributed by atoms with Crippen LogP contribution in [0.2, 0.25) is 5.02 Å².